The molecule has 2 N–H and O–H groups in total. The van der Waals surface area contributed by atoms with Gasteiger partial charge in [-0.2, -0.15) is 0 Å². The highest BCUT2D eigenvalue weighted by Crippen LogP contribution is 2.16. The summed E-state index contributed by atoms with van der Waals surface area (Å²) in [5, 5.41) is 12.9. The van der Waals surface area contributed by atoms with Crippen LogP contribution in [0.15, 0.2) is 0 Å². The van der Waals surface area contributed by atoms with Crippen LogP contribution in [0.4, 0.5) is 0 Å². The average molecular weight is 156 g/mol. The van der Waals surface area contributed by atoms with Gasteiger partial charge >= 0.3 is 0 Å². The van der Waals surface area contributed by atoms with Gasteiger partial charge in [-0.1, -0.05) is 0 Å². The molecule has 2 aliphatic rings. The molecule has 0 amide bonds. The molecule has 0 aromatic heterocycles. The number of hydrogen-bond donors (Lipinski definition) is 2. The Kier molecular flexibility index (Phi) is 1.87. The molecule has 0 radical (unpaired) electrons. The van der Waals surface area contributed by atoms with Crippen molar-refractivity contribution >= 4 is 0 Å². The lowest BCUT2D eigenvalue weighted by molar-refractivity contribution is -0.0335. The Labute approximate surface area is 67.4 Å². The van der Waals surface area contributed by atoms with Gasteiger partial charge in [0.05, 0.1) is 0 Å². The summed E-state index contributed by atoms with van der Waals surface area (Å²) in [4.78, 5) is 2.36. The Balaban J connectivity index is 1.79. The van der Waals surface area contributed by atoms with Gasteiger partial charge in [0.1, 0.15) is 5.60 Å². The van der Waals surface area contributed by atoms with E-state index in [-0.39, 0.29) is 0 Å². The maximum atomic E-state index is 9.77. The number of likely N-dealkylation sites (tertiary alicyclic amines) is 1. The fraction of sp³-hybridized carbons (Fsp3) is 1.00. The van der Waals surface area contributed by atoms with E-state index in [1.807, 2.05) is 0 Å². The minimum absolute atomic E-state index is 0.398. The highest BCUT2D eigenvalue weighted by Gasteiger charge is 2.36. The summed E-state index contributed by atoms with van der Waals surface area (Å²) >= 11 is 0. The van der Waals surface area contributed by atoms with E-state index in [1.165, 1.54) is 25.9 Å². The van der Waals surface area contributed by atoms with Crippen LogP contribution in [0.5, 0.6) is 0 Å². The summed E-state index contributed by atoms with van der Waals surface area (Å²) in [7, 11) is 0. The van der Waals surface area contributed by atoms with Crippen LogP contribution < -0.4 is 5.32 Å². The van der Waals surface area contributed by atoms with Crippen LogP contribution in [0.2, 0.25) is 0 Å². The zero-order valence-corrected chi connectivity index (χ0v) is 6.84. The minimum atomic E-state index is -0.398. The van der Waals surface area contributed by atoms with Crippen molar-refractivity contribution in [3.8, 4) is 0 Å². The fourth-order valence-corrected chi connectivity index (χ4v) is 1.88. The molecule has 2 heterocycles. The molecule has 0 saturated carbocycles. The Morgan fingerprint density at radius 3 is 2.36 bits per heavy atom. The van der Waals surface area contributed by atoms with E-state index in [0.29, 0.717) is 0 Å². The first-order chi connectivity index (χ1) is 5.29. The van der Waals surface area contributed by atoms with Crippen LogP contribution >= 0.6 is 0 Å². The summed E-state index contributed by atoms with van der Waals surface area (Å²) in [6, 6.07) is 0. The van der Waals surface area contributed by atoms with Crippen molar-refractivity contribution in [1.29, 1.82) is 0 Å². The molecule has 0 atom stereocenters. The van der Waals surface area contributed by atoms with Crippen LogP contribution in [0.25, 0.3) is 0 Å². The standard InChI is InChI=1S/C8H16N2O/c11-8(5-9-6-8)7-10-3-1-2-4-10/h9,11H,1-7H2. The Bertz CT molecular complexity index is 139. The molecule has 0 unspecified atom stereocenters. The van der Waals surface area contributed by atoms with Gasteiger partial charge in [-0.25, -0.2) is 0 Å². The van der Waals surface area contributed by atoms with E-state index in [1.54, 1.807) is 0 Å². The van der Waals surface area contributed by atoms with E-state index < -0.39 is 5.60 Å². The summed E-state index contributed by atoms with van der Waals surface area (Å²) in [6.45, 7) is 4.80. The van der Waals surface area contributed by atoms with Gasteiger partial charge in [-0.3, -0.25) is 0 Å². The van der Waals surface area contributed by atoms with Crippen molar-refractivity contribution < 1.29 is 5.11 Å². The molecule has 0 aliphatic carbocycles. The van der Waals surface area contributed by atoms with E-state index in [4.69, 9.17) is 0 Å². The lowest BCUT2D eigenvalue weighted by Crippen LogP contribution is -2.64. The van der Waals surface area contributed by atoms with Crippen LogP contribution in [0, 0.1) is 0 Å². The van der Waals surface area contributed by atoms with Crippen molar-refractivity contribution in [3.63, 3.8) is 0 Å². The van der Waals surface area contributed by atoms with Crippen LogP contribution in [-0.4, -0.2) is 48.3 Å². The highest BCUT2D eigenvalue weighted by atomic mass is 16.3. The molecule has 0 bridgehead atoms. The molecule has 0 aromatic rings. The molecule has 2 rings (SSSR count). The minimum Gasteiger partial charge on any atom is -0.386 e. The molecular formula is C8H16N2O. The zero-order valence-electron chi connectivity index (χ0n) is 6.84. The van der Waals surface area contributed by atoms with Gasteiger partial charge in [0.2, 0.25) is 0 Å². The number of aliphatic hydroxyl groups is 1. The first-order valence-corrected chi connectivity index (χ1v) is 4.44. The number of β-amino-alcohol motifs (C(OH)–C–C–N with tert-alkyl or cyclic N) is 1. The smallest absolute Gasteiger partial charge is 0.102 e. The molecule has 2 fully saturated rings. The van der Waals surface area contributed by atoms with Gasteiger partial charge in [0.15, 0.2) is 0 Å². The van der Waals surface area contributed by atoms with E-state index in [9.17, 15) is 5.11 Å². The second kappa shape index (κ2) is 2.73. The summed E-state index contributed by atoms with van der Waals surface area (Å²) in [6.07, 6.45) is 2.62. The van der Waals surface area contributed by atoms with Crippen molar-refractivity contribution in [3.05, 3.63) is 0 Å². The molecule has 11 heavy (non-hydrogen) atoms. The third kappa shape index (κ3) is 1.55. The van der Waals surface area contributed by atoms with Crippen molar-refractivity contribution in [2.75, 3.05) is 32.7 Å². The Hall–Kier alpha value is -0.120. The lowest BCUT2D eigenvalue weighted by atomic mass is 9.97. The number of nitrogens with one attached hydrogen (secondary N) is 1. The van der Waals surface area contributed by atoms with Crippen molar-refractivity contribution in [1.82, 2.24) is 10.2 Å². The monoisotopic (exact) mass is 156 g/mol. The number of nitrogens with zero attached hydrogens (tertiary/aromatic N) is 1. The molecule has 3 nitrogen and oxygen atoms in total. The second-order valence-electron chi connectivity index (χ2n) is 3.81. The molecule has 64 valence electrons. The molecule has 0 aromatic carbocycles. The van der Waals surface area contributed by atoms with Gasteiger partial charge in [0, 0.05) is 19.6 Å². The summed E-state index contributed by atoms with van der Waals surface area (Å²) in [5.41, 5.74) is -0.398. The summed E-state index contributed by atoms with van der Waals surface area (Å²) < 4.78 is 0. The summed E-state index contributed by atoms with van der Waals surface area (Å²) in [5.74, 6) is 0. The first-order valence-electron chi connectivity index (χ1n) is 4.44. The Morgan fingerprint density at radius 2 is 1.91 bits per heavy atom. The van der Waals surface area contributed by atoms with Gasteiger partial charge in [-0.15, -0.1) is 0 Å². The molecule has 0 spiro atoms. The van der Waals surface area contributed by atoms with Crippen molar-refractivity contribution in [2.45, 2.75) is 18.4 Å². The first kappa shape index (κ1) is 7.53. The number of rotatable bonds is 2. The predicted molar refractivity (Wildman–Crippen MR) is 43.5 cm³/mol. The van der Waals surface area contributed by atoms with Crippen LogP contribution in [0.3, 0.4) is 0 Å². The third-order valence-corrected chi connectivity index (χ3v) is 2.62. The SMILES string of the molecule is OC1(CN2CCCC2)CNC1. The largest absolute Gasteiger partial charge is 0.386 e. The quantitative estimate of drug-likeness (QED) is 0.561. The van der Waals surface area contributed by atoms with E-state index in [0.717, 1.165) is 19.6 Å². The lowest BCUT2D eigenvalue weighted by Gasteiger charge is -2.40. The maximum Gasteiger partial charge on any atom is 0.102 e. The topological polar surface area (TPSA) is 35.5 Å². The van der Waals surface area contributed by atoms with Gasteiger partial charge in [-0.05, 0) is 25.9 Å². The molecule has 2 saturated heterocycles. The van der Waals surface area contributed by atoms with Gasteiger partial charge in [0.25, 0.3) is 0 Å². The normalized spacial score (nSPS) is 30.3. The zero-order chi connectivity index (χ0) is 7.73. The second-order valence-corrected chi connectivity index (χ2v) is 3.81. The third-order valence-electron chi connectivity index (χ3n) is 2.62. The van der Waals surface area contributed by atoms with Crippen LogP contribution in [0.1, 0.15) is 12.8 Å². The molecular weight excluding hydrogens is 140 g/mol. The van der Waals surface area contributed by atoms with E-state index in [2.05, 4.69) is 10.2 Å². The van der Waals surface area contributed by atoms with E-state index >= 15 is 0 Å². The Morgan fingerprint density at radius 1 is 1.27 bits per heavy atom. The fourth-order valence-electron chi connectivity index (χ4n) is 1.88. The molecule has 3 heteroatoms. The van der Waals surface area contributed by atoms with Crippen LogP contribution in [-0.2, 0) is 0 Å². The average Bonchev–Trinajstić information content (AvgIpc) is 2.36. The maximum absolute atomic E-state index is 9.77. The highest BCUT2D eigenvalue weighted by molar-refractivity contribution is 4.95. The number of hydrogen-bond acceptors (Lipinski definition) is 3. The van der Waals surface area contributed by atoms with Crippen molar-refractivity contribution in [2.24, 2.45) is 0 Å². The molecule has 2 aliphatic heterocycles. The van der Waals surface area contributed by atoms with Gasteiger partial charge < -0.3 is 15.3 Å². The predicted octanol–water partition coefficient (Wildman–Crippen LogP) is -0.583.